The Hall–Kier alpha value is -3.52. The van der Waals surface area contributed by atoms with Crippen molar-refractivity contribution in [1.82, 2.24) is 0 Å². The second-order valence-corrected chi connectivity index (χ2v) is 10.8. The highest BCUT2D eigenvalue weighted by Crippen LogP contribution is 2.58. The summed E-state index contributed by atoms with van der Waals surface area (Å²) >= 11 is 0. The smallest absolute Gasteiger partial charge is 0.264 e. The van der Waals surface area contributed by atoms with Crippen molar-refractivity contribution in [3.63, 3.8) is 0 Å². The number of nitrogens with zero attached hydrogens (tertiary/aromatic N) is 2. The van der Waals surface area contributed by atoms with Gasteiger partial charge in [-0.1, -0.05) is 55.5 Å². The molecule has 2 heterocycles. The molecule has 1 spiro atoms. The third-order valence-corrected chi connectivity index (χ3v) is 7.98. The highest BCUT2D eigenvalue weighted by Gasteiger charge is 2.65. The van der Waals surface area contributed by atoms with Crippen molar-refractivity contribution in [2.24, 2.45) is 11.8 Å². The summed E-state index contributed by atoms with van der Waals surface area (Å²) in [6.07, 6.45) is 0.533. The van der Waals surface area contributed by atoms with Gasteiger partial charge in [-0.05, 0) is 56.2 Å². The minimum atomic E-state index is -1.37. The van der Waals surface area contributed by atoms with E-state index in [2.05, 4.69) is 0 Å². The Labute approximate surface area is 223 Å². The number of aliphatic hydroxyl groups excluding tert-OH is 1. The van der Waals surface area contributed by atoms with E-state index in [9.17, 15) is 19.8 Å². The second kappa shape index (κ2) is 9.98. The van der Waals surface area contributed by atoms with Gasteiger partial charge in [0, 0.05) is 35.4 Å². The Morgan fingerprint density at radius 1 is 1.03 bits per heavy atom. The number of aliphatic hydroxyl groups is 2. The lowest BCUT2D eigenvalue weighted by molar-refractivity contribution is -0.146. The van der Waals surface area contributed by atoms with Crippen molar-refractivity contribution in [1.29, 1.82) is 0 Å². The van der Waals surface area contributed by atoms with Crippen LogP contribution in [0.4, 0.5) is 17.1 Å². The van der Waals surface area contributed by atoms with E-state index in [1.807, 2.05) is 85.8 Å². The molecule has 7 nitrogen and oxygen atoms in total. The Morgan fingerprint density at radius 3 is 2.29 bits per heavy atom. The number of carbonyl (C=O) groups excluding carboxylic acids is 2. The van der Waals surface area contributed by atoms with Crippen LogP contribution in [0.2, 0.25) is 0 Å². The maximum absolute atomic E-state index is 14.4. The van der Waals surface area contributed by atoms with Crippen molar-refractivity contribution in [3.8, 4) is 0 Å². The summed E-state index contributed by atoms with van der Waals surface area (Å²) in [5.41, 5.74) is 1.16. The summed E-state index contributed by atoms with van der Waals surface area (Å²) in [4.78, 5) is 29.9. The van der Waals surface area contributed by atoms with Gasteiger partial charge in [0.1, 0.15) is 0 Å². The average molecular weight is 515 g/mol. The Kier molecular flexibility index (Phi) is 6.86. The zero-order chi connectivity index (χ0) is 27.1. The molecule has 2 N–H and O–H groups in total. The van der Waals surface area contributed by atoms with Gasteiger partial charge in [0.15, 0.2) is 5.60 Å². The predicted molar refractivity (Wildman–Crippen MR) is 146 cm³/mol. The summed E-state index contributed by atoms with van der Waals surface area (Å²) in [5.74, 6) is -1.00. The van der Waals surface area contributed by atoms with Gasteiger partial charge in [-0.25, -0.2) is 0 Å². The number of para-hydroxylation sites is 1. The van der Waals surface area contributed by atoms with Crippen LogP contribution in [0.1, 0.15) is 38.3 Å². The number of ether oxygens (including phenoxy) is 1. The molecule has 3 aromatic carbocycles. The van der Waals surface area contributed by atoms with Crippen LogP contribution in [0, 0.1) is 11.8 Å². The van der Waals surface area contributed by atoms with E-state index in [4.69, 9.17) is 4.74 Å². The zero-order valence-corrected chi connectivity index (χ0v) is 21.9. The number of benzene rings is 3. The average Bonchev–Trinajstić information content (AvgIpc) is 3.33. The van der Waals surface area contributed by atoms with Gasteiger partial charge in [-0.2, -0.15) is 0 Å². The van der Waals surface area contributed by atoms with Gasteiger partial charge in [0.05, 0.1) is 23.9 Å². The number of anilines is 3. The first kappa shape index (κ1) is 26.1. The molecule has 0 unspecified atom stereocenters. The number of hydrogen-bond acceptors (Lipinski definition) is 5. The number of hydrogen-bond donors (Lipinski definition) is 2. The maximum atomic E-state index is 14.4. The van der Waals surface area contributed by atoms with Gasteiger partial charge in [0.2, 0.25) is 6.41 Å². The van der Waals surface area contributed by atoms with Crippen molar-refractivity contribution in [2.45, 2.75) is 51.0 Å². The van der Waals surface area contributed by atoms with Gasteiger partial charge in [0.25, 0.3) is 5.91 Å². The maximum Gasteiger partial charge on any atom is 0.264 e. The molecule has 1 fully saturated rings. The summed E-state index contributed by atoms with van der Waals surface area (Å²) in [6, 6.07) is 24.6. The van der Waals surface area contributed by atoms with Crippen molar-refractivity contribution in [2.75, 3.05) is 16.4 Å². The highest BCUT2D eigenvalue weighted by molar-refractivity contribution is 6.08. The van der Waals surface area contributed by atoms with Crippen molar-refractivity contribution >= 4 is 29.4 Å². The molecule has 1 saturated heterocycles. The molecule has 0 bridgehead atoms. The topological polar surface area (TPSA) is 90.3 Å². The summed E-state index contributed by atoms with van der Waals surface area (Å²) in [7, 11) is 0. The summed E-state index contributed by atoms with van der Waals surface area (Å²) in [6.45, 7) is 5.63. The first-order valence-electron chi connectivity index (χ1n) is 13.0. The number of amides is 2. The van der Waals surface area contributed by atoms with Crippen molar-refractivity contribution in [3.05, 3.63) is 90.0 Å². The Morgan fingerprint density at radius 2 is 1.68 bits per heavy atom. The molecule has 7 heteroatoms. The molecule has 2 aliphatic heterocycles. The molecule has 3 aromatic rings. The normalized spacial score (nSPS) is 24.6. The van der Waals surface area contributed by atoms with Crippen LogP contribution >= 0.6 is 0 Å². The molecule has 0 aromatic heterocycles. The van der Waals surface area contributed by atoms with Crippen LogP contribution in [0.25, 0.3) is 0 Å². The molecule has 4 atom stereocenters. The fourth-order valence-corrected chi connectivity index (χ4v) is 6.39. The van der Waals surface area contributed by atoms with Crippen molar-refractivity contribution < 1.29 is 24.5 Å². The summed E-state index contributed by atoms with van der Waals surface area (Å²) in [5, 5.41) is 21.0. The van der Waals surface area contributed by atoms with E-state index in [-0.39, 0.29) is 12.5 Å². The van der Waals surface area contributed by atoms with Gasteiger partial charge in [-0.15, -0.1) is 0 Å². The predicted octanol–water partition coefficient (Wildman–Crippen LogP) is 4.53. The SMILES string of the molecule is C[C@H]1[C@H](C(C)(C)O)[C@@H](CCO)O[C@]12C(=O)N(Cc1ccccc1)c1ccc(N(C=O)c3ccccc3)cc12. The number of rotatable bonds is 8. The highest BCUT2D eigenvalue weighted by atomic mass is 16.5. The number of fused-ring (bicyclic) bond motifs is 2. The molecular weight excluding hydrogens is 480 g/mol. The van der Waals surface area contributed by atoms with Crippen LogP contribution < -0.4 is 9.80 Å². The van der Waals surface area contributed by atoms with Gasteiger partial charge in [-0.3, -0.25) is 14.5 Å². The Bertz CT molecular complexity index is 1310. The molecule has 0 aliphatic carbocycles. The van der Waals surface area contributed by atoms with Gasteiger partial charge >= 0.3 is 0 Å². The molecule has 2 aliphatic rings. The van der Waals surface area contributed by atoms with Gasteiger partial charge < -0.3 is 19.8 Å². The monoisotopic (exact) mass is 514 g/mol. The van der Waals surface area contributed by atoms with E-state index < -0.39 is 29.1 Å². The fourth-order valence-electron chi connectivity index (χ4n) is 6.39. The van der Waals surface area contributed by atoms with Crippen LogP contribution in [-0.4, -0.2) is 40.8 Å². The fraction of sp³-hybridized carbons (Fsp3) is 0.355. The molecule has 0 saturated carbocycles. The van der Waals surface area contributed by atoms with Crippen LogP contribution in [0.3, 0.4) is 0 Å². The third-order valence-electron chi connectivity index (χ3n) is 7.98. The standard InChI is InChI=1S/C31H34N2O5/c1-21-28(30(2,3)37)27(16-17-34)38-31(21)25-18-24(33(20-35)23-12-8-5-9-13-23)14-15-26(25)32(29(31)36)19-22-10-6-4-7-11-22/h4-15,18,20-21,27-28,34,37H,16-17,19H2,1-3H3/t21-,27+,28-,31+/m0/s1. The lowest BCUT2D eigenvalue weighted by Crippen LogP contribution is -2.46. The zero-order valence-electron chi connectivity index (χ0n) is 21.9. The first-order chi connectivity index (χ1) is 18.2. The molecule has 2 amide bonds. The molecular formula is C31H34N2O5. The largest absolute Gasteiger partial charge is 0.396 e. The van der Waals surface area contributed by atoms with Crippen LogP contribution in [-0.2, 0) is 26.5 Å². The third kappa shape index (κ3) is 4.21. The Balaban J connectivity index is 1.67. The van der Waals surface area contributed by atoms with E-state index in [0.717, 1.165) is 12.0 Å². The molecule has 38 heavy (non-hydrogen) atoms. The summed E-state index contributed by atoms with van der Waals surface area (Å²) < 4.78 is 6.66. The number of carbonyl (C=O) groups is 2. The minimum absolute atomic E-state index is 0.123. The molecule has 0 radical (unpaired) electrons. The quantitative estimate of drug-likeness (QED) is 0.431. The van der Waals surface area contributed by atoms with E-state index in [0.29, 0.717) is 35.6 Å². The van der Waals surface area contributed by atoms with Crippen LogP contribution in [0.15, 0.2) is 78.9 Å². The lowest BCUT2D eigenvalue weighted by atomic mass is 9.71. The molecule has 198 valence electrons. The lowest BCUT2D eigenvalue weighted by Gasteiger charge is -2.34. The van der Waals surface area contributed by atoms with Crippen LogP contribution in [0.5, 0.6) is 0 Å². The first-order valence-corrected chi connectivity index (χ1v) is 13.0. The second-order valence-electron chi connectivity index (χ2n) is 10.8. The van der Waals surface area contributed by atoms with E-state index in [1.165, 1.54) is 4.90 Å². The van der Waals surface area contributed by atoms with E-state index in [1.54, 1.807) is 18.7 Å². The molecule has 5 rings (SSSR count). The van der Waals surface area contributed by atoms with E-state index >= 15 is 0 Å². The minimum Gasteiger partial charge on any atom is -0.396 e.